The van der Waals surface area contributed by atoms with Gasteiger partial charge in [0.05, 0.1) is 11.0 Å². The van der Waals surface area contributed by atoms with E-state index >= 15 is 0 Å². The van der Waals surface area contributed by atoms with Gasteiger partial charge in [-0.2, -0.15) is 0 Å². The zero-order valence-electron chi connectivity index (χ0n) is 33.1. The number of benzene rings is 10. The van der Waals surface area contributed by atoms with Crippen LogP contribution in [0, 0.1) is 0 Å². The average Bonchev–Trinajstić information content (AvgIpc) is 3.67. The minimum Gasteiger partial charge on any atom is -0.309 e. The van der Waals surface area contributed by atoms with Crippen molar-refractivity contribution in [1.29, 1.82) is 0 Å². The van der Waals surface area contributed by atoms with Crippen molar-refractivity contribution in [1.82, 2.24) is 19.5 Å². The van der Waals surface area contributed by atoms with Crippen molar-refractivity contribution in [2.45, 2.75) is 0 Å². The molecule has 4 nitrogen and oxygen atoms in total. The third kappa shape index (κ3) is 5.96. The van der Waals surface area contributed by atoms with Crippen molar-refractivity contribution < 1.29 is 0 Å². The van der Waals surface area contributed by atoms with Crippen LogP contribution >= 0.6 is 0 Å². The third-order valence-corrected chi connectivity index (χ3v) is 12.0. The molecule has 0 fully saturated rings. The van der Waals surface area contributed by atoms with Crippen LogP contribution in [0.15, 0.2) is 218 Å². The van der Waals surface area contributed by atoms with E-state index in [0.717, 1.165) is 44.4 Å². The van der Waals surface area contributed by atoms with Crippen molar-refractivity contribution in [3.8, 4) is 62.1 Å². The molecular formula is C57H36N4. The summed E-state index contributed by atoms with van der Waals surface area (Å²) in [6.45, 7) is 0. The molecule has 284 valence electrons. The molecule has 0 radical (unpaired) electrons. The van der Waals surface area contributed by atoms with Crippen molar-refractivity contribution >= 4 is 54.1 Å². The smallest absolute Gasteiger partial charge is 0.164 e. The third-order valence-electron chi connectivity index (χ3n) is 12.0. The van der Waals surface area contributed by atoms with Gasteiger partial charge in [-0.15, -0.1) is 0 Å². The Labute approximate surface area is 352 Å². The normalized spacial score (nSPS) is 11.6. The highest BCUT2D eigenvalue weighted by molar-refractivity contribution is 6.25. The highest BCUT2D eigenvalue weighted by atomic mass is 15.0. The molecule has 4 heteroatoms. The summed E-state index contributed by atoms with van der Waals surface area (Å²) in [7, 11) is 0. The second kappa shape index (κ2) is 14.3. The summed E-state index contributed by atoms with van der Waals surface area (Å²) in [6, 6.07) is 77.7. The Morgan fingerprint density at radius 1 is 0.230 bits per heavy atom. The standard InChI is InChI=1S/C57H36N4/c1-4-14-37(15-5-1)39-24-26-41(27-25-39)56-58-55(40-18-8-3-9-19-40)59-57(60-56)43-28-31-50-52-34-42(38-16-6-2-7-17-38)29-33-53(52)61(54(50)35-43)44-30-32-49-47-22-11-10-20-45(47)46-21-12-13-23-48(46)51(49)36-44/h1-36H. The van der Waals surface area contributed by atoms with Crippen LogP contribution in [0.3, 0.4) is 0 Å². The molecule has 2 heterocycles. The van der Waals surface area contributed by atoms with E-state index in [1.807, 2.05) is 24.3 Å². The van der Waals surface area contributed by atoms with E-state index < -0.39 is 0 Å². The summed E-state index contributed by atoms with van der Waals surface area (Å²) in [5.41, 5.74) is 10.8. The van der Waals surface area contributed by atoms with E-state index in [4.69, 9.17) is 15.0 Å². The van der Waals surface area contributed by atoms with E-state index in [1.165, 1.54) is 54.4 Å². The highest BCUT2D eigenvalue weighted by Gasteiger charge is 2.19. The fraction of sp³-hybridized carbons (Fsp3) is 0. The molecular weight excluding hydrogens is 741 g/mol. The number of hydrogen-bond donors (Lipinski definition) is 0. The van der Waals surface area contributed by atoms with Gasteiger partial charge < -0.3 is 4.57 Å². The number of nitrogens with zero attached hydrogens (tertiary/aromatic N) is 4. The van der Waals surface area contributed by atoms with Crippen LogP contribution in [0.1, 0.15) is 0 Å². The number of fused-ring (bicyclic) bond motifs is 9. The lowest BCUT2D eigenvalue weighted by Crippen LogP contribution is -2.00. The lowest BCUT2D eigenvalue weighted by Gasteiger charge is -2.14. The molecule has 0 N–H and O–H groups in total. The predicted molar refractivity (Wildman–Crippen MR) is 254 cm³/mol. The Morgan fingerprint density at radius 3 is 1.25 bits per heavy atom. The van der Waals surface area contributed by atoms with Gasteiger partial charge in [0.1, 0.15) is 0 Å². The predicted octanol–water partition coefficient (Wildman–Crippen LogP) is 14.8. The molecule has 0 atom stereocenters. The van der Waals surface area contributed by atoms with Crippen LogP contribution in [-0.2, 0) is 0 Å². The highest BCUT2D eigenvalue weighted by Crippen LogP contribution is 2.40. The topological polar surface area (TPSA) is 43.6 Å². The zero-order chi connectivity index (χ0) is 40.3. The van der Waals surface area contributed by atoms with Crippen molar-refractivity contribution in [2.24, 2.45) is 0 Å². The van der Waals surface area contributed by atoms with Gasteiger partial charge in [-0.05, 0) is 84.9 Å². The largest absolute Gasteiger partial charge is 0.309 e. The van der Waals surface area contributed by atoms with Crippen LogP contribution in [0.5, 0.6) is 0 Å². The summed E-state index contributed by atoms with van der Waals surface area (Å²) >= 11 is 0. The maximum Gasteiger partial charge on any atom is 0.164 e. The molecule has 61 heavy (non-hydrogen) atoms. The molecule has 0 unspecified atom stereocenters. The van der Waals surface area contributed by atoms with Gasteiger partial charge in [0.25, 0.3) is 0 Å². The Bertz CT molecular complexity index is 3580. The summed E-state index contributed by atoms with van der Waals surface area (Å²) in [5, 5.41) is 9.85. The minimum atomic E-state index is 0.621. The van der Waals surface area contributed by atoms with Gasteiger partial charge in [0, 0.05) is 33.2 Å². The van der Waals surface area contributed by atoms with Crippen LogP contribution in [0.4, 0.5) is 0 Å². The zero-order valence-corrected chi connectivity index (χ0v) is 33.1. The summed E-state index contributed by atoms with van der Waals surface area (Å²) < 4.78 is 2.41. The van der Waals surface area contributed by atoms with Crippen LogP contribution in [-0.4, -0.2) is 19.5 Å². The molecule has 0 bridgehead atoms. The first-order valence-electron chi connectivity index (χ1n) is 20.7. The van der Waals surface area contributed by atoms with Crippen LogP contribution < -0.4 is 0 Å². The fourth-order valence-electron chi connectivity index (χ4n) is 9.08. The molecule has 0 aliphatic rings. The van der Waals surface area contributed by atoms with Crippen molar-refractivity contribution in [2.75, 3.05) is 0 Å². The molecule has 0 saturated carbocycles. The number of rotatable bonds is 6. The Hall–Kier alpha value is -8.21. The molecule has 2 aromatic heterocycles. The van der Waals surface area contributed by atoms with E-state index in [9.17, 15) is 0 Å². The van der Waals surface area contributed by atoms with E-state index in [0.29, 0.717) is 17.5 Å². The van der Waals surface area contributed by atoms with Crippen LogP contribution in [0.2, 0.25) is 0 Å². The lowest BCUT2D eigenvalue weighted by atomic mass is 9.94. The molecule has 0 amide bonds. The molecule has 12 rings (SSSR count). The van der Waals surface area contributed by atoms with Crippen molar-refractivity contribution in [3.63, 3.8) is 0 Å². The Kier molecular flexibility index (Phi) is 8.13. The summed E-state index contributed by atoms with van der Waals surface area (Å²) in [4.78, 5) is 15.4. The Morgan fingerprint density at radius 2 is 0.639 bits per heavy atom. The second-order valence-corrected chi connectivity index (χ2v) is 15.6. The average molecular weight is 777 g/mol. The lowest BCUT2D eigenvalue weighted by molar-refractivity contribution is 1.07. The molecule has 0 saturated heterocycles. The first-order chi connectivity index (χ1) is 30.2. The maximum atomic E-state index is 5.19. The minimum absolute atomic E-state index is 0.621. The molecule has 12 aromatic rings. The number of aromatic nitrogens is 4. The summed E-state index contributed by atoms with van der Waals surface area (Å²) in [6.07, 6.45) is 0. The quantitative estimate of drug-likeness (QED) is 0.158. The maximum absolute atomic E-state index is 5.19. The van der Waals surface area contributed by atoms with E-state index in [2.05, 4.69) is 199 Å². The molecule has 0 spiro atoms. The SMILES string of the molecule is c1ccc(-c2ccc(-c3nc(-c4ccccc4)nc(-c4ccc5c6cc(-c7ccccc7)ccc6n(-c6ccc7c8ccccc8c8ccccc8c7c6)c5c4)n3)cc2)cc1. The van der Waals surface area contributed by atoms with Gasteiger partial charge in [-0.25, -0.2) is 15.0 Å². The van der Waals surface area contributed by atoms with Crippen LogP contribution in [0.25, 0.3) is 116 Å². The van der Waals surface area contributed by atoms with E-state index in [-0.39, 0.29) is 0 Å². The molecule has 0 aliphatic heterocycles. The monoisotopic (exact) mass is 776 g/mol. The van der Waals surface area contributed by atoms with Gasteiger partial charge in [0.15, 0.2) is 17.5 Å². The first-order valence-corrected chi connectivity index (χ1v) is 20.7. The second-order valence-electron chi connectivity index (χ2n) is 15.6. The first kappa shape index (κ1) is 34.8. The Balaban J connectivity index is 1.08. The fourth-order valence-corrected chi connectivity index (χ4v) is 9.08. The van der Waals surface area contributed by atoms with Gasteiger partial charge in [-0.3, -0.25) is 0 Å². The molecule has 10 aromatic carbocycles. The van der Waals surface area contributed by atoms with Gasteiger partial charge in [0.2, 0.25) is 0 Å². The van der Waals surface area contributed by atoms with Gasteiger partial charge in [-0.1, -0.05) is 188 Å². The van der Waals surface area contributed by atoms with Crippen molar-refractivity contribution in [3.05, 3.63) is 218 Å². The number of hydrogen-bond acceptors (Lipinski definition) is 3. The van der Waals surface area contributed by atoms with E-state index in [1.54, 1.807) is 0 Å². The molecule has 0 aliphatic carbocycles. The summed E-state index contributed by atoms with van der Waals surface area (Å²) in [5.74, 6) is 1.88. The van der Waals surface area contributed by atoms with Gasteiger partial charge >= 0.3 is 0 Å².